The molecular formula is C6H2Cl2. The molecule has 0 aromatic heterocycles. The number of hydrogen-bond donors (Lipinski definition) is 0. The van der Waals surface area contributed by atoms with Crippen LogP contribution in [0.1, 0.15) is 0 Å². The van der Waals surface area contributed by atoms with Gasteiger partial charge in [0.2, 0.25) is 0 Å². The molecule has 0 aromatic carbocycles. The van der Waals surface area contributed by atoms with E-state index in [2.05, 4.69) is 0 Å². The van der Waals surface area contributed by atoms with E-state index in [4.69, 9.17) is 23.2 Å². The monoisotopic (exact) mass is 144 g/mol. The van der Waals surface area contributed by atoms with Gasteiger partial charge in [-0.3, -0.25) is 0 Å². The first-order valence-corrected chi connectivity index (χ1v) is 3.04. The highest BCUT2D eigenvalue weighted by molar-refractivity contribution is 6.43. The van der Waals surface area contributed by atoms with Crippen molar-refractivity contribution in [2.24, 2.45) is 0 Å². The van der Waals surface area contributed by atoms with Gasteiger partial charge in [-0.1, -0.05) is 35.3 Å². The summed E-state index contributed by atoms with van der Waals surface area (Å²) in [4.78, 5) is 0. The molecular weight excluding hydrogens is 143 g/mol. The summed E-state index contributed by atoms with van der Waals surface area (Å²) >= 11 is 11.3. The van der Waals surface area contributed by atoms with Crippen LogP contribution in [0.4, 0.5) is 0 Å². The molecule has 0 fully saturated rings. The van der Waals surface area contributed by atoms with Gasteiger partial charge in [0, 0.05) is 10.4 Å². The summed E-state index contributed by atoms with van der Waals surface area (Å²) in [5.74, 6) is 0. The van der Waals surface area contributed by atoms with Gasteiger partial charge in [0.15, 0.2) is 0 Å². The molecule has 0 nitrogen and oxygen atoms in total. The lowest BCUT2D eigenvalue weighted by Gasteiger charge is -2.07. The van der Waals surface area contributed by atoms with Crippen LogP contribution in [0.3, 0.4) is 0 Å². The molecule has 0 bridgehead atoms. The van der Waals surface area contributed by atoms with Crippen molar-refractivity contribution in [1.29, 1.82) is 0 Å². The minimum Gasteiger partial charge on any atom is -0.0820 e. The molecule has 2 aliphatic carbocycles. The Labute approximate surface area is 56.3 Å². The molecule has 0 aliphatic heterocycles. The van der Waals surface area contributed by atoms with Gasteiger partial charge in [0.25, 0.3) is 0 Å². The van der Waals surface area contributed by atoms with Crippen LogP contribution in [0.2, 0.25) is 10.0 Å². The molecule has 2 rings (SSSR count). The average Bonchev–Trinajstić information content (AvgIpc) is 1.64. The van der Waals surface area contributed by atoms with Gasteiger partial charge in [-0.25, -0.2) is 0 Å². The van der Waals surface area contributed by atoms with Crippen LogP contribution < -0.4 is 0 Å². The summed E-state index contributed by atoms with van der Waals surface area (Å²) in [6, 6.07) is 3.92. The summed E-state index contributed by atoms with van der Waals surface area (Å²) < 4.78 is 0. The van der Waals surface area contributed by atoms with Crippen molar-refractivity contribution in [3.8, 4) is 0 Å². The molecule has 0 atom stereocenters. The largest absolute Gasteiger partial charge is 0.0820 e. The lowest BCUT2D eigenvalue weighted by atomic mass is 10.1. The topological polar surface area (TPSA) is 0 Å². The van der Waals surface area contributed by atoms with Crippen molar-refractivity contribution < 1.29 is 0 Å². The summed E-state index contributed by atoms with van der Waals surface area (Å²) in [6.45, 7) is 0. The molecule has 0 spiro atoms. The van der Waals surface area contributed by atoms with Crippen LogP contribution >= 0.6 is 23.2 Å². The fourth-order valence-electron chi connectivity index (χ4n) is 0.807. The molecule has 0 saturated carbocycles. The summed E-state index contributed by atoms with van der Waals surface area (Å²) in [5.41, 5.74) is 0. The Morgan fingerprint density at radius 3 is 1.38 bits per heavy atom. The smallest absolute Gasteiger partial charge is 0.0677 e. The number of halogens is 2. The second kappa shape index (κ2) is 1.20. The summed E-state index contributed by atoms with van der Waals surface area (Å²) in [7, 11) is 0. The number of rotatable bonds is 0. The minimum absolute atomic E-state index is 0.726. The van der Waals surface area contributed by atoms with E-state index in [0.29, 0.717) is 0 Å². The Kier molecular flexibility index (Phi) is 0.699. The minimum atomic E-state index is 0.726. The van der Waals surface area contributed by atoms with Crippen LogP contribution in [0.15, 0.2) is 12.1 Å². The van der Waals surface area contributed by atoms with Gasteiger partial charge < -0.3 is 0 Å². The van der Waals surface area contributed by atoms with Gasteiger partial charge in [-0.05, 0) is 0 Å². The van der Waals surface area contributed by atoms with E-state index in [-0.39, 0.29) is 0 Å². The fourth-order valence-corrected chi connectivity index (χ4v) is 1.34. The maximum Gasteiger partial charge on any atom is 0.0677 e. The first-order chi connectivity index (χ1) is 3.80. The summed E-state index contributed by atoms with van der Waals surface area (Å²) in [6.07, 6.45) is 0. The van der Waals surface area contributed by atoms with Crippen molar-refractivity contribution in [3.05, 3.63) is 32.6 Å². The predicted molar refractivity (Wildman–Crippen MR) is 34.1 cm³/mol. The zero-order chi connectivity index (χ0) is 5.72. The summed E-state index contributed by atoms with van der Waals surface area (Å²) in [5, 5.41) is 3.70. The molecule has 0 heterocycles. The Hall–Kier alpha value is -0.200. The van der Waals surface area contributed by atoms with Crippen molar-refractivity contribution in [1.82, 2.24) is 0 Å². The molecule has 0 radical (unpaired) electrons. The van der Waals surface area contributed by atoms with Crippen molar-refractivity contribution >= 4 is 23.2 Å². The maximum absolute atomic E-state index is 5.63. The van der Waals surface area contributed by atoms with Gasteiger partial charge >= 0.3 is 0 Å². The third kappa shape index (κ3) is 0.309. The predicted octanol–water partition coefficient (Wildman–Crippen LogP) is 2.59. The highest BCUT2D eigenvalue weighted by Gasteiger charge is 2.10. The molecule has 0 amide bonds. The van der Waals surface area contributed by atoms with Crippen LogP contribution in [-0.4, -0.2) is 0 Å². The highest BCUT2D eigenvalue weighted by atomic mass is 35.5. The van der Waals surface area contributed by atoms with Crippen molar-refractivity contribution in [2.45, 2.75) is 0 Å². The molecule has 40 valence electrons. The number of benzene rings is 1. The van der Waals surface area contributed by atoms with E-state index < -0.39 is 0 Å². The first-order valence-electron chi connectivity index (χ1n) is 2.29. The molecule has 0 N–H and O–H groups in total. The van der Waals surface area contributed by atoms with E-state index >= 15 is 0 Å². The van der Waals surface area contributed by atoms with Gasteiger partial charge in [-0.15, -0.1) is 0 Å². The van der Waals surface area contributed by atoms with E-state index in [1.165, 1.54) is 0 Å². The van der Waals surface area contributed by atoms with E-state index in [1.807, 2.05) is 12.1 Å². The number of hydrogen-bond acceptors (Lipinski definition) is 0. The Morgan fingerprint density at radius 1 is 0.875 bits per heavy atom. The second-order valence-electron chi connectivity index (χ2n) is 1.79. The highest BCUT2D eigenvalue weighted by Crippen LogP contribution is 2.32. The zero-order valence-electron chi connectivity index (χ0n) is 3.91. The normalized spacial score (nSPS) is 11.8. The second-order valence-corrected chi connectivity index (χ2v) is 2.54. The Bertz CT molecular complexity index is 294. The average molecular weight is 145 g/mol. The maximum atomic E-state index is 5.63. The first kappa shape index (κ1) is 4.66. The SMILES string of the molecule is Clc1c(Cl)c2ccc1=2. The standard InChI is InChI=1S/C6H2Cl2/c7-5-3-1-2-4(3)6(5)8/h1-2H. The molecule has 2 aliphatic rings. The molecule has 0 saturated heterocycles. The van der Waals surface area contributed by atoms with Gasteiger partial charge in [0.1, 0.15) is 0 Å². The van der Waals surface area contributed by atoms with Crippen LogP contribution in [-0.2, 0) is 0 Å². The molecule has 2 heteroatoms. The molecule has 8 heavy (non-hydrogen) atoms. The molecule has 0 aromatic rings. The lowest BCUT2D eigenvalue weighted by Crippen LogP contribution is -1.89. The van der Waals surface area contributed by atoms with E-state index in [1.54, 1.807) is 0 Å². The Balaban J connectivity index is 2.94. The fraction of sp³-hybridized carbons (Fsp3) is 0. The van der Waals surface area contributed by atoms with Crippen LogP contribution in [0.5, 0.6) is 0 Å². The van der Waals surface area contributed by atoms with Crippen molar-refractivity contribution in [3.63, 3.8) is 0 Å². The Morgan fingerprint density at radius 2 is 1.25 bits per heavy atom. The van der Waals surface area contributed by atoms with Crippen LogP contribution in [0.25, 0.3) is 0 Å². The zero-order valence-corrected chi connectivity index (χ0v) is 5.42. The van der Waals surface area contributed by atoms with E-state index in [9.17, 15) is 0 Å². The van der Waals surface area contributed by atoms with Crippen molar-refractivity contribution in [2.75, 3.05) is 0 Å². The third-order valence-electron chi connectivity index (χ3n) is 1.37. The lowest BCUT2D eigenvalue weighted by molar-refractivity contribution is 1.38. The van der Waals surface area contributed by atoms with E-state index in [0.717, 1.165) is 20.5 Å². The van der Waals surface area contributed by atoms with Crippen LogP contribution in [0, 0.1) is 10.4 Å². The van der Waals surface area contributed by atoms with Gasteiger partial charge in [-0.2, -0.15) is 0 Å². The molecule has 0 unspecified atom stereocenters. The van der Waals surface area contributed by atoms with Gasteiger partial charge in [0.05, 0.1) is 10.0 Å². The third-order valence-corrected chi connectivity index (χ3v) is 2.25. The quantitative estimate of drug-likeness (QED) is 0.534.